The van der Waals surface area contributed by atoms with Crippen LogP contribution in [-0.4, -0.2) is 18.2 Å². The second-order valence-electron chi connectivity index (χ2n) is 4.32. The highest BCUT2D eigenvalue weighted by Crippen LogP contribution is 2.22. The van der Waals surface area contributed by atoms with Gasteiger partial charge in [0.05, 0.1) is 17.7 Å². The number of hydrogen-bond acceptors (Lipinski definition) is 3. The number of methoxy groups -OCH3 is 1. The number of anilines is 1. The average Bonchev–Trinajstić information content (AvgIpc) is 2.46. The third kappa shape index (κ3) is 3.64. The molecule has 0 atom stereocenters. The van der Waals surface area contributed by atoms with Crippen LogP contribution in [0.4, 0.5) is 10.1 Å². The zero-order valence-electron chi connectivity index (χ0n) is 11.2. The molecule has 0 saturated heterocycles. The van der Waals surface area contributed by atoms with Crippen molar-refractivity contribution in [3.63, 3.8) is 0 Å². The van der Waals surface area contributed by atoms with E-state index >= 15 is 0 Å². The molecule has 21 heavy (non-hydrogen) atoms. The second-order valence-corrected chi connectivity index (χ2v) is 4.73. The van der Waals surface area contributed by atoms with Crippen molar-refractivity contribution in [2.24, 2.45) is 0 Å². The third-order valence-corrected chi connectivity index (χ3v) is 3.24. The zero-order chi connectivity index (χ0) is 15.4. The highest BCUT2D eigenvalue weighted by molar-refractivity contribution is 6.33. The summed E-state index contributed by atoms with van der Waals surface area (Å²) in [5.41, 5.74) is 1.32. The van der Waals surface area contributed by atoms with Gasteiger partial charge in [-0.15, -0.1) is 0 Å². The molecule has 6 heteroatoms. The summed E-state index contributed by atoms with van der Waals surface area (Å²) in [5, 5.41) is 12.2. The molecule has 0 amide bonds. The van der Waals surface area contributed by atoms with Gasteiger partial charge in [0.2, 0.25) is 0 Å². The van der Waals surface area contributed by atoms with Crippen LogP contribution < -0.4 is 10.1 Å². The number of rotatable bonds is 5. The van der Waals surface area contributed by atoms with E-state index in [2.05, 4.69) is 5.32 Å². The summed E-state index contributed by atoms with van der Waals surface area (Å²) < 4.78 is 18.4. The van der Waals surface area contributed by atoms with Crippen molar-refractivity contribution in [3.8, 4) is 5.75 Å². The minimum atomic E-state index is -1.10. The number of ether oxygens (including phenoxy) is 1. The summed E-state index contributed by atoms with van der Waals surface area (Å²) in [4.78, 5) is 11.0. The molecule has 0 heterocycles. The predicted molar refractivity (Wildman–Crippen MR) is 78.7 cm³/mol. The zero-order valence-corrected chi connectivity index (χ0v) is 11.9. The Labute approximate surface area is 126 Å². The number of nitrogens with one attached hydrogen (secondary N) is 1. The van der Waals surface area contributed by atoms with E-state index in [0.717, 1.165) is 0 Å². The number of carboxylic acids is 1. The highest BCUT2D eigenvalue weighted by atomic mass is 35.5. The van der Waals surface area contributed by atoms with Crippen LogP contribution in [-0.2, 0) is 6.54 Å². The van der Waals surface area contributed by atoms with Crippen molar-refractivity contribution in [1.29, 1.82) is 0 Å². The van der Waals surface area contributed by atoms with E-state index in [1.54, 1.807) is 12.1 Å². The van der Waals surface area contributed by atoms with Gasteiger partial charge in [-0.1, -0.05) is 17.7 Å². The fourth-order valence-corrected chi connectivity index (χ4v) is 2.02. The van der Waals surface area contributed by atoms with E-state index in [4.69, 9.17) is 21.4 Å². The molecular formula is C15H13ClFNO3. The lowest BCUT2D eigenvalue weighted by molar-refractivity contribution is 0.0697. The normalized spacial score (nSPS) is 10.2. The fraction of sp³-hybridized carbons (Fsp3) is 0.133. The lowest BCUT2D eigenvalue weighted by atomic mass is 10.1. The Kier molecular flexibility index (Phi) is 4.65. The van der Waals surface area contributed by atoms with Gasteiger partial charge in [0, 0.05) is 12.2 Å². The molecule has 4 nitrogen and oxygen atoms in total. The molecule has 0 fully saturated rings. The number of halogens is 2. The van der Waals surface area contributed by atoms with Crippen molar-refractivity contribution >= 4 is 23.3 Å². The van der Waals surface area contributed by atoms with E-state index in [1.807, 2.05) is 0 Å². The molecule has 2 aromatic carbocycles. The van der Waals surface area contributed by atoms with Gasteiger partial charge in [-0.2, -0.15) is 0 Å². The molecule has 0 aliphatic rings. The van der Waals surface area contributed by atoms with Gasteiger partial charge in [-0.25, -0.2) is 9.18 Å². The van der Waals surface area contributed by atoms with Crippen molar-refractivity contribution in [3.05, 3.63) is 58.4 Å². The summed E-state index contributed by atoms with van der Waals surface area (Å²) >= 11 is 5.79. The standard InChI is InChI=1S/C15H13ClFNO3/c1-21-14-5-2-9(6-13(14)17)8-18-10-3-4-12(16)11(7-10)15(19)20/h2-7,18H,8H2,1H3,(H,19,20). The van der Waals surface area contributed by atoms with Crippen LogP contribution >= 0.6 is 11.6 Å². The van der Waals surface area contributed by atoms with Crippen LogP contribution in [0.1, 0.15) is 15.9 Å². The smallest absolute Gasteiger partial charge is 0.337 e. The van der Waals surface area contributed by atoms with E-state index in [0.29, 0.717) is 17.8 Å². The maximum Gasteiger partial charge on any atom is 0.337 e. The summed E-state index contributed by atoms with van der Waals surface area (Å²) in [7, 11) is 1.40. The van der Waals surface area contributed by atoms with Crippen LogP contribution in [0.2, 0.25) is 5.02 Å². The minimum Gasteiger partial charge on any atom is -0.494 e. The molecule has 0 aliphatic heterocycles. The average molecular weight is 310 g/mol. The number of aromatic carboxylic acids is 1. The summed E-state index contributed by atoms with van der Waals surface area (Å²) in [6.07, 6.45) is 0. The van der Waals surface area contributed by atoms with Gasteiger partial charge in [-0.05, 0) is 35.9 Å². The molecule has 0 saturated carbocycles. The van der Waals surface area contributed by atoms with Crippen LogP contribution in [0.3, 0.4) is 0 Å². The highest BCUT2D eigenvalue weighted by Gasteiger charge is 2.09. The summed E-state index contributed by atoms with van der Waals surface area (Å²) in [5.74, 6) is -1.36. The first-order valence-corrected chi connectivity index (χ1v) is 6.48. The molecular weight excluding hydrogens is 297 g/mol. The van der Waals surface area contributed by atoms with Gasteiger partial charge >= 0.3 is 5.97 Å². The molecule has 0 unspecified atom stereocenters. The molecule has 0 aliphatic carbocycles. The first-order valence-electron chi connectivity index (χ1n) is 6.10. The van der Waals surface area contributed by atoms with Crippen molar-refractivity contribution in [1.82, 2.24) is 0 Å². The first-order chi connectivity index (χ1) is 10.0. The maximum absolute atomic E-state index is 13.6. The number of hydrogen-bond donors (Lipinski definition) is 2. The minimum absolute atomic E-state index is 0.0163. The largest absolute Gasteiger partial charge is 0.494 e. The molecule has 0 radical (unpaired) electrons. The molecule has 0 spiro atoms. The number of carboxylic acid groups (broad SMARTS) is 1. The lowest BCUT2D eigenvalue weighted by Crippen LogP contribution is -2.03. The molecule has 2 N–H and O–H groups in total. The lowest BCUT2D eigenvalue weighted by Gasteiger charge is -2.09. The molecule has 0 bridgehead atoms. The van der Waals surface area contributed by atoms with E-state index in [-0.39, 0.29) is 16.3 Å². The predicted octanol–water partition coefficient (Wildman–Crippen LogP) is 3.80. The fourth-order valence-electron chi connectivity index (χ4n) is 1.82. The summed E-state index contributed by atoms with van der Waals surface area (Å²) in [6.45, 7) is 0.349. The molecule has 2 aromatic rings. The van der Waals surface area contributed by atoms with Gasteiger partial charge in [-0.3, -0.25) is 0 Å². The molecule has 110 valence electrons. The van der Waals surface area contributed by atoms with Crippen LogP contribution in [0, 0.1) is 5.82 Å². The Morgan fingerprint density at radius 3 is 2.71 bits per heavy atom. The Morgan fingerprint density at radius 2 is 2.10 bits per heavy atom. The number of benzene rings is 2. The van der Waals surface area contributed by atoms with Crippen LogP contribution in [0.25, 0.3) is 0 Å². The third-order valence-electron chi connectivity index (χ3n) is 2.91. The molecule has 2 rings (SSSR count). The van der Waals surface area contributed by atoms with Gasteiger partial charge in [0.1, 0.15) is 0 Å². The monoisotopic (exact) mass is 309 g/mol. The second kappa shape index (κ2) is 6.45. The van der Waals surface area contributed by atoms with Crippen LogP contribution in [0.5, 0.6) is 5.75 Å². The van der Waals surface area contributed by atoms with Crippen molar-refractivity contribution in [2.75, 3.05) is 12.4 Å². The van der Waals surface area contributed by atoms with Gasteiger partial charge < -0.3 is 15.2 Å². The van der Waals surface area contributed by atoms with E-state index in [9.17, 15) is 9.18 Å². The summed E-state index contributed by atoms with van der Waals surface area (Å²) in [6, 6.07) is 9.22. The van der Waals surface area contributed by atoms with Gasteiger partial charge in [0.15, 0.2) is 11.6 Å². The Bertz CT molecular complexity index is 676. The Hall–Kier alpha value is -2.27. The maximum atomic E-state index is 13.6. The quantitative estimate of drug-likeness (QED) is 0.882. The van der Waals surface area contributed by atoms with E-state index in [1.165, 1.54) is 31.4 Å². The van der Waals surface area contributed by atoms with E-state index < -0.39 is 11.8 Å². The Morgan fingerprint density at radius 1 is 1.33 bits per heavy atom. The molecule has 0 aromatic heterocycles. The van der Waals surface area contributed by atoms with Crippen molar-refractivity contribution in [2.45, 2.75) is 6.54 Å². The topological polar surface area (TPSA) is 58.6 Å². The first kappa shape index (κ1) is 15.1. The van der Waals surface area contributed by atoms with Crippen LogP contribution in [0.15, 0.2) is 36.4 Å². The van der Waals surface area contributed by atoms with Crippen molar-refractivity contribution < 1.29 is 19.0 Å². The Balaban J connectivity index is 2.11. The number of carbonyl (C=O) groups is 1. The van der Waals surface area contributed by atoms with Gasteiger partial charge in [0.25, 0.3) is 0 Å². The SMILES string of the molecule is COc1ccc(CNc2ccc(Cl)c(C(=O)O)c2)cc1F.